The van der Waals surface area contributed by atoms with Gasteiger partial charge in [0, 0.05) is 7.05 Å². The molecule has 1 aliphatic rings. The molecular weight excluding hydrogens is 399 g/mol. The molecule has 1 heterocycles. The van der Waals surface area contributed by atoms with Gasteiger partial charge in [0.1, 0.15) is 5.82 Å². The molecule has 156 valence electrons. The summed E-state index contributed by atoms with van der Waals surface area (Å²) in [6.07, 6.45) is 4.77. The number of nitrogens with one attached hydrogen (secondary N) is 1. The van der Waals surface area contributed by atoms with Crippen LogP contribution in [0.2, 0.25) is 0 Å². The highest BCUT2D eigenvalue weighted by molar-refractivity contribution is 7.99. The van der Waals surface area contributed by atoms with Crippen LogP contribution in [0.3, 0.4) is 0 Å². The van der Waals surface area contributed by atoms with E-state index in [9.17, 15) is 9.18 Å². The second-order valence-corrected chi connectivity index (χ2v) is 8.60. The molecule has 0 unspecified atom stereocenters. The van der Waals surface area contributed by atoms with Crippen LogP contribution in [0.25, 0.3) is 11.4 Å². The van der Waals surface area contributed by atoms with Gasteiger partial charge in [-0.2, -0.15) is 0 Å². The minimum absolute atomic E-state index is 0.0567. The summed E-state index contributed by atoms with van der Waals surface area (Å²) in [7, 11) is 1.78. The van der Waals surface area contributed by atoms with Crippen LogP contribution in [-0.4, -0.2) is 26.4 Å². The van der Waals surface area contributed by atoms with E-state index in [2.05, 4.69) is 33.7 Å². The number of carbonyl (C=O) groups is 1. The second kappa shape index (κ2) is 9.00. The summed E-state index contributed by atoms with van der Waals surface area (Å²) in [6, 6.07) is 13.0. The van der Waals surface area contributed by atoms with E-state index in [1.54, 1.807) is 29.8 Å². The Balaban J connectivity index is 1.37. The highest BCUT2D eigenvalue weighted by Crippen LogP contribution is 2.26. The van der Waals surface area contributed by atoms with Crippen molar-refractivity contribution in [3.63, 3.8) is 0 Å². The van der Waals surface area contributed by atoms with Gasteiger partial charge < -0.3 is 9.88 Å². The molecule has 0 saturated heterocycles. The highest BCUT2D eigenvalue weighted by Gasteiger charge is 2.17. The van der Waals surface area contributed by atoms with Crippen molar-refractivity contribution < 1.29 is 9.18 Å². The van der Waals surface area contributed by atoms with E-state index in [1.165, 1.54) is 41.8 Å². The van der Waals surface area contributed by atoms with Crippen LogP contribution in [0.4, 0.5) is 4.39 Å². The first-order valence-corrected chi connectivity index (χ1v) is 11.2. The summed E-state index contributed by atoms with van der Waals surface area (Å²) < 4.78 is 15.7. The van der Waals surface area contributed by atoms with Gasteiger partial charge >= 0.3 is 0 Å². The number of amides is 1. The summed E-state index contributed by atoms with van der Waals surface area (Å²) >= 11 is 1.29. The molecule has 2 aromatic carbocycles. The predicted octanol–water partition coefficient (Wildman–Crippen LogP) is 4.47. The average molecular weight is 425 g/mol. The molecule has 0 spiro atoms. The van der Waals surface area contributed by atoms with Crippen LogP contribution >= 0.6 is 11.8 Å². The fourth-order valence-electron chi connectivity index (χ4n) is 3.84. The number of rotatable bonds is 6. The Morgan fingerprint density at radius 1 is 1.17 bits per heavy atom. The molecule has 1 aromatic heterocycles. The van der Waals surface area contributed by atoms with E-state index >= 15 is 0 Å². The fourth-order valence-corrected chi connectivity index (χ4v) is 4.56. The van der Waals surface area contributed by atoms with Crippen LogP contribution in [-0.2, 0) is 24.7 Å². The SMILES string of the molecule is C[C@H](NC(=O)CSc1nnc(-c2ccccc2F)n1C)c1ccc2c(c1)CCCC2. The summed E-state index contributed by atoms with van der Waals surface area (Å²) in [5.74, 6) is 0.249. The van der Waals surface area contributed by atoms with Crippen LogP contribution in [0.1, 0.15) is 42.5 Å². The van der Waals surface area contributed by atoms with Crippen molar-refractivity contribution in [3.05, 3.63) is 65.0 Å². The topological polar surface area (TPSA) is 59.8 Å². The summed E-state index contributed by atoms with van der Waals surface area (Å²) in [5, 5.41) is 11.9. The third-order valence-electron chi connectivity index (χ3n) is 5.53. The Kier molecular flexibility index (Phi) is 6.18. The Bertz CT molecular complexity index is 1070. The highest BCUT2D eigenvalue weighted by atomic mass is 32.2. The number of thioether (sulfide) groups is 1. The van der Waals surface area contributed by atoms with Gasteiger partial charge in [0.25, 0.3) is 0 Å². The number of nitrogens with zero attached hydrogens (tertiary/aromatic N) is 3. The van der Waals surface area contributed by atoms with E-state index in [0.717, 1.165) is 18.4 Å². The van der Waals surface area contributed by atoms with Crippen molar-refractivity contribution in [3.8, 4) is 11.4 Å². The number of fused-ring (bicyclic) bond motifs is 1. The van der Waals surface area contributed by atoms with Crippen molar-refractivity contribution >= 4 is 17.7 Å². The van der Waals surface area contributed by atoms with E-state index in [0.29, 0.717) is 16.5 Å². The average Bonchev–Trinajstić information content (AvgIpc) is 3.12. The Morgan fingerprint density at radius 2 is 1.93 bits per heavy atom. The normalized spacial score (nSPS) is 14.2. The van der Waals surface area contributed by atoms with Crippen molar-refractivity contribution in [2.45, 2.75) is 43.8 Å². The van der Waals surface area contributed by atoms with Crippen molar-refractivity contribution in [2.75, 3.05) is 5.75 Å². The maximum absolute atomic E-state index is 14.0. The summed E-state index contributed by atoms with van der Waals surface area (Å²) in [5.41, 5.74) is 4.38. The standard InChI is InChI=1S/C23H25FN4OS/c1-15(17-12-11-16-7-3-4-8-18(16)13-17)25-21(29)14-30-23-27-26-22(28(23)2)19-9-5-6-10-20(19)24/h5-6,9-13,15H,3-4,7-8,14H2,1-2H3,(H,25,29)/t15-/m0/s1. The molecule has 0 fully saturated rings. The van der Waals surface area contributed by atoms with E-state index < -0.39 is 0 Å². The maximum atomic E-state index is 14.0. The zero-order valence-corrected chi connectivity index (χ0v) is 18.0. The number of aromatic nitrogens is 3. The lowest BCUT2D eigenvalue weighted by Crippen LogP contribution is -2.28. The van der Waals surface area contributed by atoms with Crippen molar-refractivity contribution in [2.24, 2.45) is 7.05 Å². The van der Waals surface area contributed by atoms with Gasteiger partial charge in [0.05, 0.1) is 17.4 Å². The molecule has 1 atom stereocenters. The quantitative estimate of drug-likeness (QED) is 0.593. The first-order chi connectivity index (χ1) is 14.5. The zero-order valence-electron chi connectivity index (χ0n) is 17.2. The predicted molar refractivity (Wildman–Crippen MR) is 117 cm³/mol. The minimum Gasteiger partial charge on any atom is -0.349 e. The third-order valence-corrected chi connectivity index (χ3v) is 6.55. The van der Waals surface area contributed by atoms with Crippen LogP contribution in [0.15, 0.2) is 47.6 Å². The minimum atomic E-state index is -0.346. The van der Waals surface area contributed by atoms with Crippen LogP contribution in [0.5, 0.6) is 0 Å². The first-order valence-electron chi connectivity index (χ1n) is 10.2. The molecule has 30 heavy (non-hydrogen) atoms. The molecular formula is C23H25FN4OS. The molecule has 1 N–H and O–H groups in total. The van der Waals surface area contributed by atoms with Crippen LogP contribution in [0, 0.1) is 5.82 Å². The smallest absolute Gasteiger partial charge is 0.230 e. The zero-order chi connectivity index (χ0) is 21.1. The van der Waals surface area contributed by atoms with Gasteiger partial charge in [-0.3, -0.25) is 4.79 Å². The van der Waals surface area contributed by atoms with Gasteiger partial charge in [0.2, 0.25) is 5.91 Å². The summed E-state index contributed by atoms with van der Waals surface area (Å²) in [6.45, 7) is 2.01. The van der Waals surface area contributed by atoms with E-state index in [1.807, 2.05) is 6.92 Å². The molecule has 1 amide bonds. The van der Waals surface area contributed by atoms with E-state index in [-0.39, 0.29) is 23.5 Å². The lowest BCUT2D eigenvalue weighted by molar-refractivity contribution is -0.119. The molecule has 0 saturated carbocycles. The molecule has 4 rings (SSSR count). The van der Waals surface area contributed by atoms with Gasteiger partial charge in [-0.25, -0.2) is 4.39 Å². The Labute approximate surface area is 180 Å². The van der Waals surface area contributed by atoms with Gasteiger partial charge in [-0.15, -0.1) is 10.2 Å². The number of benzene rings is 2. The number of aryl methyl sites for hydroxylation is 2. The van der Waals surface area contributed by atoms with Gasteiger partial charge in [-0.05, 0) is 61.4 Å². The van der Waals surface area contributed by atoms with Gasteiger partial charge in [-0.1, -0.05) is 42.1 Å². The van der Waals surface area contributed by atoms with Gasteiger partial charge in [0.15, 0.2) is 11.0 Å². The summed E-state index contributed by atoms with van der Waals surface area (Å²) in [4.78, 5) is 12.5. The maximum Gasteiger partial charge on any atom is 0.230 e. The number of hydrogen-bond donors (Lipinski definition) is 1. The Hall–Kier alpha value is -2.67. The molecule has 5 nitrogen and oxygen atoms in total. The first kappa shape index (κ1) is 20.6. The number of halogens is 1. The Morgan fingerprint density at radius 3 is 2.73 bits per heavy atom. The van der Waals surface area contributed by atoms with Crippen LogP contribution < -0.4 is 5.32 Å². The van der Waals surface area contributed by atoms with Crippen molar-refractivity contribution in [1.29, 1.82) is 0 Å². The second-order valence-electron chi connectivity index (χ2n) is 7.66. The third kappa shape index (κ3) is 4.41. The molecule has 3 aromatic rings. The lowest BCUT2D eigenvalue weighted by Gasteiger charge is -2.20. The monoisotopic (exact) mass is 424 g/mol. The largest absolute Gasteiger partial charge is 0.349 e. The number of hydrogen-bond acceptors (Lipinski definition) is 4. The lowest BCUT2D eigenvalue weighted by atomic mass is 9.89. The van der Waals surface area contributed by atoms with Crippen molar-refractivity contribution in [1.82, 2.24) is 20.1 Å². The number of carbonyl (C=O) groups excluding carboxylic acids is 1. The fraction of sp³-hybridized carbons (Fsp3) is 0.348. The molecule has 0 radical (unpaired) electrons. The molecule has 7 heteroatoms. The van der Waals surface area contributed by atoms with E-state index in [4.69, 9.17) is 0 Å². The molecule has 0 bridgehead atoms. The molecule has 0 aliphatic heterocycles. The molecule has 1 aliphatic carbocycles.